The van der Waals surface area contributed by atoms with Crippen molar-refractivity contribution >= 4 is 5.97 Å². The molecule has 1 aliphatic carbocycles. The van der Waals surface area contributed by atoms with Gasteiger partial charge < -0.3 is 14.9 Å². The van der Waals surface area contributed by atoms with E-state index in [4.69, 9.17) is 4.74 Å². The van der Waals surface area contributed by atoms with Crippen molar-refractivity contribution in [3.63, 3.8) is 0 Å². The van der Waals surface area contributed by atoms with Gasteiger partial charge in [0.05, 0.1) is 0 Å². The number of hydrogen-bond acceptors (Lipinski definition) is 4. The van der Waals surface area contributed by atoms with Crippen LogP contribution in [0.2, 0.25) is 0 Å². The third-order valence-corrected chi connectivity index (χ3v) is 5.64. The number of aliphatic hydroxyl groups is 1. The second-order valence-electron chi connectivity index (χ2n) is 9.23. The Morgan fingerprint density at radius 3 is 2.42 bits per heavy atom. The van der Waals surface area contributed by atoms with E-state index >= 15 is 0 Å². The number of esters is 1. The van der Waals surface area contributed by atoms with Crippen molar-refractivity contribution in [2.24, 2.45) is 17.8 Å². The highest BCUT2D eigenvalue weighted by Gasteiger charge is 2.35. The van der Waals surface area contributed by atoms with Crippen LogP contribution in [0.15, 0.2) is 18.2 Å². The molecule has 4 nitrogen and oxygen atoms in total. The summed E-state index contributed by atoms with van der Waals surface area (Å²) < 4.78 is 5.70. The van der Waals surface area contributed by atoms with E-state index in [9.17, 15) is 15.0 Å². The maximum Gasteiger partial charge on any atom is 0.340 e. The van der Waals surface area contributed by atoms with Crippen molar-refractivity contribution in [2.75, 3.05) is 0 Å². The van der Waals surface area contributed by atoms with Crippen molar-refractivity contribution in [3.8, 4) is 5.75 Å². The third kappa shape index (κ3) is 4.79. The molecule has 2 N–H and O–H groups in total. The summed E-state index contributed by atoms with van der Waals surface area (Å²) in [5.41, 5.74) is 1.03. The van der Waals surface area contributed by atoms with Crippen LogP contribution in [0.1, 0.15) is 78.0 Å². The maximum absolute atomic E-state index is 12.5. The Hall–Kier alpha value is -1.55. The smallest absolute Gasteiger partial charge is 0.340 e. The molecule has 1 saturated carbocycles. The number of rotatable bonds is 4. The fourth-order valence-corrected chi connectivity index (χ4v) is 3.83. The molecule has 26 heavy (non-hydrogen) atoms. The standard InChI is InChI=1S/C22H34O4/c1-13(2)16-9-7-14(3)11-19(16)26-21(25)20(24)17-10-8-15(12-18(17)23)22(4,5)6/h8,10,12-14,16,19-20,23-24H,7,9,11H2,1-6H3/t14-,16+,19-,20-/m1/s1. The van der Waals surface area contributed by atoms with Gasteiger partial charge in [0.1, 0.15) is 11.9 Å². The first-order chi connectivity index (χ1) is 12.0. The number of carbonyl (C=O) groups excluding carboxylic acids is 1. The Balaban J connectivity index is 2.14. The summed E-state index contributed by atoms with van der Waals surface area (Å²) in [5, 5.41) is 20.7. The predicted octanol–water partition coefficient (Wildman–Crippen LogP) is 4.73. The number of carbonyl (C=O) groups is 1. The molecule has 146 valence electrons. The first kappa shape index (κ1) is 20.8. The van der Waals surface area contributed by atoms with Crippen LogP contribution in [0.5, 0.6) is 5.75 Å². The molecule has 2 rings (SSSR count). The van der Waals surface area contributed by atoms with Gasteiger partial charge in [-0.25, -0.2) is 4.79 Å². The Labute approximate surface area is 157 Å². The summed E-state index contributed by atoms with van der Waals surface area (Å²) in [7, 11) is 0. The van der Waals surface area contributed by atoms with Crippen LogP contribution in [0.25, 0.3) is 0 Å². The van der Waals surface area contributed by atoms with E-state index in [0.29, 0.717) is 17.8 Å². The van der Waals surface area contributed by atoms with Crippen LogP contribution in [0.4, 0.5) is 0 Å². The molecule has 4 atom stereocenters. The van der Waals surface area contributed by atoms with Crippen LogP contribution in [0, 0.1) is 17.8 Å². The van der Waals surface area contributed by atoms with E-state index in [1.165, 1.54) is 0 Å². The zero-order valence-electron chi connectivity index (χ0n) is 17.0. The molecule has 0 unspecified atom stereocenters. The van der Waals surface area contributed by atoms with E-state index in [-0.39, 0.29) is 22.8 Å². The van der Waals surface area contributed by atoms with Crippen molar-refractivity contribution in [1.29, 1.82) is 0 Å². The third-order valence-electron chi connectivity index (χ3n) is 5.64. The zero-order valence-corrected chi connectivity index (χ0v) is 17.0. The minimum Gasteiger partial charge on any atom is -0.508 e. The Morgan fingerprint density at radius 2 is 1.88 bits per heavy atom. The van der Waals surface area contributed by atoms with Gasteiger partial charge in [0, 0.05) is 5.56 Å². The first-order valence-corrected chi connectivity index (χ1v) is 9.72. The molecule has 0 saturated heterocycles. The number of aliphatic hydroxyl groups excluding tert-OH is 1. The van der Waals surface area contributed by atoms with Crippen LogP contribution < -0.4 is 0 Å². The average Bonchev–Trinajstić information content (AvgIpc) is 2.53. The highest BCUT2D eigenvalue weighted by atomic mass is 16.6. The monoisotopic (exact) mass is 362 g/mol. The second-order valence-corrected chi connectivity index (χ2v) is 9.23. The number of benzene rings is 1. The van der Waals surface area contributed by atoms with Gasteiger partial charge in [0.25, 0.3) is 0 Å². The minimum absolute atomic E-state index is 0.0701. The first-order valence-electron chi connectivity index (χ1n) is 9.72. The summed E-state index contributed by atoms with van der Waals surface area (Å²) in [4.78, 5) is 12.5. The predicted molar refractivity (Wildman–Crippen MR) is 103 cm³/mol. The van der Waals surface area contributed by atoms with E-state index < -0.39 is 12.1 Å². The number of phenolic OH excluding ortho intramolecular Hbond substituents is 1. The van der Waals surface area contributed by atoms with Crippen molar-refractivity contribution in [2.45, 2.75) is 78.4 Å². The summed E-state index contributed by atoms with van der Waals surface area (Å²) in [5.74, 6) is 0.517. The molecule has 1 aromatic carbocycles. The highest BCUT2D eigenvalue weighted by Crippen LogP contribution is 2.37. The minimum atomic E-state index is -1.46. The van der Waals surface area contributed by atoms with E-state index in [1.54, 1.807) is 12.1 Å². The molecular weight excluding hydrogens is 328 g/mol. The zero-order chi connectivity index (χ0) is 19.6. The molecule has 0 aliphatic heterocycles. The maximum atomic E-state index is 12.5. The molecule has 1 aliphatic rings. The fourth-order valence-electron chi connectivity index (χ4n) is 3.83. The van der Waals surface area contributed by atoms with Gasteiger partial charge in [-0.2, -0.15) is 0 Å². The van der Waals surface area contributed by atoms with Gasteiger partial charge in [0.2, 0.25) is 0 Å². The molecule has 0 amide bonds. The number of phenols is 1. The average molecular weight is 363 g/mol. The van der Waals surface area contributed by atoms with Crippen LogP contribution >= 0.6 is 0 Å². The summed E-state index contributed by atoms with van der Waals surface area (Å²) >= 11 is 0. The van der Waals surface area contributed by atoms with Gasteiger partial charge in [-0.15, -0.1) is 0 Å². The van der Waals surface area contributed by atoms with Crippen LogP contribution in [0.3, 0.4) is 0 Å². The topological polar surface area (TPSA) is 66.8 Å². The summed E-state index contributed by atoms with van der Waals surface area (Å²) in [6, 6.07) is 5.07. The van der Waals surface area contributed by atoms with Crippen molar-refractivity contribution in [1.82, 2.24) is 0 Å². The lowest BCUT2D eigenvalue weighted by atomic mass is 9.75. The van der Waals surface area contributed by atoms with Crippen molar-refractivity contribution in [3.05, 3.63) is 29.3 Å². The van der Waals surface area contributed by atoms with Gasteiger partial charge >= 0.3 is 5.97 Å². The van der Waals surface area contributed by atoms with E-state index in [1.807, 2.05) is 26.8 Å². The molecule has 0 aromatic heterocycles. The summed E-state index contributed by atoms with van der Waals surface area (Å²) in [6.45, 7) is 12.6. The fraction of sp³-hybridized carbons (Fsp3) is 0.682. The Morgan fingerprint density at radius 1 is 1.23 bits per heavy atom. The quantitative estimate of drug-likeness (QED) is 0.760. The molecule has 0 spiro atoms. The molecule has 1 aromatic rings. The van der Waals surface area contributed by atoms with Gasteiger partial charge in [-0.1, -0.05) is 60.1 Å². The lowest BCUT2D eigenvalue weighted by molar-refractivity contribution is -0.166. The molecule has 0 radical (unpaired) electrons. The van der Waals surface area contributed by atoms with Gasteiger partial charge in [0.15, 0.2) is 6.10 Å². The van der Waals surface area contributed by atoms with E-state index in [2.05, 4.69) is 20.8 Å². The normalized spacial score (nSPS) is 25.2. The van der Waals surface area contributed by atoms with Crippen molar-refractivity contribution < 1.29 is 19.7 Å². The van der Waals surface area contributed by atoms with Gasteiger partial charge in [-0.3, -0.25) is 0 Å². The lowest BCUT2D eigenvalue weighted by Gasteiger charge is -2.37. The molecule has 0 heterocycles. The van der Waals surface area contributed by atoms with Crippen LogP contribution in [-0.4, -0.2) is 22.3 Å². The van der Waals surface area contributed by atoms with Gasteiger partial charge in [-0.05, 0) is 47.6 Å². The number of hydrogen-bond donors (Lipinski definition) is 2. The number of aromatic hydroxyl groups is 1. The molecule has 1 fully saturated rings. The lowest BCUT2D eigenvalue weighted by Crippen LogP contribution is -2.37. The number of ether oxygens (including phenoxy) is 1. The summed E-state index contributed by atoms with van der Waals surface area (Å²) in [6.07, 6.45) is 1.38. The Bertz CT molecular complexity index is 630. The highest BCUT2D eigenvalue weighted by molar-refractivity contribution is 5.77. The second kappa shape index (κ2) is 7.99. The molecule has 4 heteroatoms. The van der Waals surface area contributed by atoms with Crippen LogP contribution in [-0.2, 0) is 14.9 Å². The SMILES string of the molecule is CC(C)[C@@H]1CC[C@@H](C)C[C@H]1OC(=O)[C@H](O)c1ccc(C(C)(C)C)cc1O. The molecular formula is C22H34O4. The largest absolute Gasteiger partial charge is 0.508 e. The molecule has 0 bridgehead atoms. The Kier molecular flexibility index (Phi) is 6.38. The van der Waals surface area contributed by atoms with E-state index in [0.717, 1.165) is 24.8 Å².